The van der Waals surface area contributed by atoms with E-state index in [1.165, 1.54) is 23.6 Å². The van der Waals surface area contributed by atoms with Gasteiger partial charge >= 0.3 is 0 Å². The number of hydroxylamine groups is 1. The molecule has 1 aliphatic rings. The van der Waals surface area contributed by atoms with Crippen molar-refractivity contribution in [1.82, 2.24) is 15.4 Å². The van der Waals surface area contributed by atoms with Gasteiger partial charge in [-0.15, -0.1) is 0 Å². The van der Waals surface area contributed by atoms with Gasteiger partial charge in [0.15, 0.2) is 0 Å². The number of nitrogens with zero attached hydrogens (tertiary/aromatic N) is 4. The molecule has 1 fully saturated rings. The summed E-state index contributed by atoms with van der Waals surface area (Å²) in [5.41, 5.74) is 4.29. The van der Waals surface area contributed by atoms with Crippen LogP contribution in [0.1, 0.15) is 22.8 Å². The fraction of sp³-hybridized carbons (Fsp3) is 0.353. The third kappa shape index (κ3) is 3.30. The molecule has 24 heavy (non-hydrogen) atoms. The lowest BCUT2D eigenvalue weighted by Crippen LogP contribution is -2.52. The lowest BCUT2D eigenvalue weighted by Gasteiger charge is -2.41. The number of hydrogen-bond acceptors (Lipinski definition) is 6. The summed E-state index contributed by atoms with van der Waals surface area (Å²) in [5.74, 6) is -0.0144. The molecule has 1 unspecified atom stereocenters. The average molecular weight is 327 g/mol. The van der Waals surface area contributed by atoms with Crippen LogP contribution in [0.4, 0.5) is 11.6 Å². The van der Waals surface area contributed by atoms with E-state index in [-0.39, 0.29) is 5.56 Å². The van der Waals surface area contributed by atoms with E-state index in [0.717, 1.165) is 19.6 Å². The van der Waals surface area contributed by atoms with Gasteiger partial charge in [0, 0.05) is 43.8 Å². The Balaban J connectivity index is 1.70. The van der Waals surface area contributed by atoms with Gasteiger partial charge in [-0.1, -0.05) is 12.1 Å². The van der Waals surface area contributed by atoms with E-state index in [4.69, 9.17) is 5.21 Å². The number of rotatable bonds is 3. The van der Waals surface area contributed by atoms with Crippen LogP contribution in [-0.4, -0.2) is 46.8 Å². The van der Waals surface area contributed by atoms with Crippen molar-refractivity contribution in [2.45, 2.75) is 19.9 Å². The minimum Gasteiger partial charge on any atom is -0.365 e. The lowest BCUT2D eigenvalue weighted by molar-refractivity contribution is 0.0705. The molecule has 7 heteroatoms. The summed E-state index contributed by atoms with van der Waals surface area (Å²) in [5, 5.41) is 8.63. The van der Waals surface area contributed by atoms with E-state index in [2.05, 4.69) is 57.9 Å². The molecule has 1 aliphatic heterocycles. The molecule has 3 rings (SSSR count). The second-order valence-corrected chi connectivity index (χ2v) is 6.04. The van der Waals surface area contributed by atoms with Gasteiger partial charge in [0.2, 0.25) is 5.95 Å². The molecule has 126 valence electrons. The van der Waals surface area contributed by atoms with Crippen molar-refractivity contribution in [3.8, 4) is 0 Å². The van der Waals surface area contributed by atoms with E-state index in [1.54, 1.807) is 5.48 Å². The number of benzene rings is 1. The number of anilines is 2. The van der Waals surface area contributed by atoms with Crippen molar-refractivity contribution in [1.29, 1.82) is 0 Å². The van der Waals surface area contributed by atoms with E-state index in [9.17, 15) is 4.79 Å². The first-order valence-electron chi connectivity index (χ1n) is 7.93. The highest BCUT2D eigenvalue weighted by atomic mass is 16.5. The smallest absolute Gasteiger partial charge is 0.277 e. The van der Waals surface area contributed by atoms with E-state index in [1.807, 2.05) is 0 Å². The summed E-state index contributed by atoms with van der Waals surface area (Å²) < 4.78 is 0. The standard InChI is InChI=1S/C17H21N5O2/c1-12-4-3-5-15(8-12)22-7-6-21(11-13(22)2)17-18-9-14(10-19-17)16(23)20-24/h3-5,8-10,13,24H,6-7,11H2,1-2H3,(H,20,23). The molecule has 0 aliphatic carbocycles. The quantitative estimate of drug-likeness (QED) is 0.658. The largest absolute Gasteiger partial charge is 0.365 e. The zero-order valence-electron chi connectivity index (χ0n) is 13.8. The van der Waals surface area contributed by atoms with Crippen LogP contribution in [0.5, 0.6) is 0 Å². The van der Waals surface area contributed by atoms with Crippen molar-refractivity contribution in [3.63, 3.8) is 0 Å². The van der Waals surface area contributed by atoms with Gasteiger partial charge in [-0.2, -0.15) is 0 Å². The Morgan fingerprint density at radius 2 is 2.04 bits per heavy atom. The normalized spacial score (nSPS) is 17.7. The molecule has 1 aromatic heterocycles. The number of carbonyl (C=O) groups excluding carboxylic acids is 1. The molecule has 2 heterocycles. The zero-order chi connectivity index (χ0) is 17.1. The predicted octanol–water partition coefficient (Wildman–Crippen LogP) is 1.62. The predicted molar refractivity (Wildman–Crippen MR) is 91.5 cm³/mol. The minimum absolute atomic E-state index is 0.229. The highest BCUT2D eigenvalue weighted by Gasteiger charge is 2.25. The number of carbonyl (C=O) groups is 1. The number of piperazine rings is 1. The maximum absolute atomic E-state index is 11.3. The van der Waals surface area contributed by atoms with Crippen LogP contribution in [0.25, 0.3) is 0 Å². The minimum atomic E-state index is -0.612. The van der Waals surface area contributed by atoms with E-state index >= 15 is 0 Å². The molecular weight excluding hydrogens is 306 g/mol. The summed E-state index contributed by atoms with van der Waals surface area (Å²) in [7, 11) is 0. The molecule has 0 saturated carbocycles. The van der Waals surface area contributed by atoms with Gasteiger partial charge in [-0.25, -0.2) is 15.4 Å². The number of hydrogen-bond donors (Lipinski definition) is 2. The van der Waals surface area contributed by atoms with Gasteiger partial charge in [-0.3, -0.25) is 10.0 Å². The van der Waals surface area contributed by atoms with Crippen molar-refractivity contribution in [3.05, 3.63) is 47.8 Å². The number of amides is 1. The Morgan fingerprint density at radius 3 is 2.67 bits per heavy atom. The van der Waals surface area contributed by atoms with Gasteiger partial charge in [0.1, 0.15) is 0 Å². The first kappa shape index (κ1) is 16.2. The lowest BCUT2D eigenvalue weighted by atomic mass is 10.1. The summed E-state index contributed by atoms with van der Waals surface area (Å²) in [6.45, 7) is 6.78. The van der Waals surface area contributed by atoms with Crippen LogP contribution in [0.3, 0.4) is 0 Å². The Kier molecular flexibility index (Phi) is 4.61. The van der Waals surface area contributed by atoms with Crippen LogP contribution >= 0.6 is 0 Å². The van der Waals surface area contributed by atoms with Crippen LogP contribution in [0, 0.1) is 6.92 Å². The third-order valence-electron chi connectivity index (χ3n) is 4.25. The second kappa shape index (κ2) is 6.84. The average Bonchev–Trinajstić information content (AvgIpc) is 2.61. The van der Waals surface area contributed by atoms with Crippen LogP contribution in [-0.2, 0) is 0 Å². The number of aryl methyl sites for hydroxylation is 1. The molecule has 2 N–H and O–H groups in total. The Bertz CT molecular complexity index is 719. The monoisotopic (exact) mass is 327 g/mol. The van der Waals surface area contributed by atoms with E-state index < -0.39 is 5.91 Å². The molecule has 1 amide bonds. The first-order valence-corrected chi connectivity index (χ1v) is 7.93. The molecule has 1 atom stereocenters. The van der Waals surface area contributed by atoms with Crippen LogP contribution < -0.4 is 15.3 Å². The highest BCUT2D eigenvalue weighted by molar-refractivity contribution is 5.92. The van der Waals surface area contributed by atoms with Crippen molar-refractivity contribution in [2.24, 2.45) is 0 Å². The van der Waals surface area contributed by atoms with Gasteiger partial charge < -0.3 is 9.80 Å². The molecular formula is C17H21N5O2. The zero-order valence-corrected chi connectivity index (χ0v) is 13.8. The molecule has 2 aromatic rings. The first-order chi connectivity index (χ1) is 11.6. The highest BCUT2D eigenvalue weighted by Crippen LogP contribution is 2.23. The Hall–Kier alpha value is -2.67. The molecule has 7 nitrogen and oxygen atoms in total. The maximum Gasteiger partial charge on any atom is 0.277 e. The van der Waals surface area contributed by atoms with Gasteiger partial charge in [-0.05, 0) is 31.5 Å². The van der Waals surface area contributed by atoms with Crippen molar-refractivity contribution in [2.75, 3.05) is 29.4 Å². The summed E-state index contributed by atoms with van der Waals surface area (Å²) in [4.78, 5) is 24.3. The van der Waals surface area contributed by atoms with Gasteiger partial charge in [0.25, 0.3) is 5.91 Å². The van der Waals surface area contributed by atoms with Crippen molar-refractivity contribution < 1.29 is 10.0 Å². The third-order valence-corrected chi connectivity index (χ3v) is 4.25. The number of aromatic nitrogens is 2. The second-order valence-electron chi connectivity index (χ2n) is 6.04. The Morgan fingerprint density at radius 1 is 1.29 bits per heavy atom. The van der Waals surface area contributed by atoms with Gasteiger partial charge in [0.05, 0.1) is 5.56 Å². The van der Waals surface area contributed by atoms with Crippen LogP contribution in [0.2, 0.25) is 0 Å². The number of nitrogens with one attached hydrogen (secondary N) is 1. The summed E-state index contributed by atoms with van der Waals surface area (Å²) in [6.07, 6.45) is 2.84. The summed E-state index contributed by atoms with van der Waals surface area (Å²) in [6, 6.07) is 8.84. The SMILES string of the molecule is Cc1cccc(N2CCN(c3ncc(C(=O)NO)cn3)CC2C)c1. The molecule has 0 bridgehead atoms. The fourth-order valence-electron chi connectivity index (χ4n) is 3.00. The Labute approximate surface area is 140 Å². The topological polar surface area (TPSA) is 81.6 Å². The molecule has 0 spiro atoms. The fourth-order valence-corrected chi connectivity index (χ4v) is 3.00. The van der Waals surface area contributed by atoms with E-state index in [0.29, 0.717) is 12.0 Å². The maximum atomic E-state index is 11.3. The summed E-state index contributed by atoms with van der Waals surface area (Å²) >= 11 is 0. The van der Waals surface area contributed by atoms with Crippen LogP contribution in [0.15, 0.2) is 36.7 Å². The molecule has 1 aromatic carbocycles. The van der Waals surface area contributed by atoms with Crippen molar-refractivity contribution >= 4 is 17.5 Å². The molecule has 0 radical (unpaired) electrons. The molecule has 1 saturated heterocycles.